The third-order valence-corrected chi connectivity index (χ3v) is 2.32. The number of ether oxygens (including phenoxy) is 1. The molecular formula is C7H16OS. The Hall–Kier alpha value is 0.310. The molecule has 9 heavy (non-hydrogen) atoms. The highest BCUT2D eigenvalue weighted by molar-refractivity contribution is 7.99. The lowest BCUT2D eigenvalue weighted by Crippen LogP contribution is -2.01. The molecule has 0 aromatic heterocycles. The van der Waals surface area contributed by atoms with Gasteiger partial charge in [-0.1, -0.05) is 13.8 Å². The third-order valence-electron chi connectivity index (χ3n) is 1.18. The third kappa shape index (κ3) is 6.19. The van der Waals surface area contributed by atoms with Crippen LogP contribution in [0.4, 0.5) is 0 Å². The number of thioether (sulfide) groups is 1. The van der Waals surface area contributed by atoms with Gasteiger partial charge < -0.3 is 4.74 Å². The average molecular weight is 148 g/mol. The molecule has 1 atom stereocenters. The first-order valence-electron chi connectivity index (χ1n) is 3.41. The quantitative estimate of drug-likeness (QED) is 0.591. The Bertz CT molecular complexity index is 56.9. The topological polar surface area (TPSA) is 9.23 Å². The molecule has 0 rings (SSSR count). The maximum absolute atomic E-state index is 4.95. The first-order valence-corrected chi connectivity index (χ1v) is 4.46. The van der Waals surface area contributed by atoms with Crippen LogP contribution in [0.3, 0.4) is 0 Å². The molecule has 0 spiro atoms. The van der Waals surface area contributed by atoms with Gasteiger partial charge in [0.2, 0.25) is 0 Å². The van der Waals surface area contributed by atoms with E-state index in [0.717, 1.165) is 11.9 Å². The minimum absolute atomic E-state index is 0.759. The van der Waals surface area contributed by atoms with Gasteiger partial charge in [-0.25, -0.2) is 0 Å². The minimum atomic E-state index is 0.759. The van der Waals surface area contributed by atoms with Crippen molar-refractivity contribution in [2.24, 2.45) is 0 Å². The maximum atomic E-state index is 4.95. The lowest BCUT2D eigenvalue weighted by molar-refractivity contribution is 0.195. The number of methoxy groups -OCH3 is 1. The van der Waals surface area contributed by atoms with E-state index in [0.29, 0.717) is 0 Å². The molecule has 0 aromatic carbocycles. The Balaban J connectivity index is 2.95. The zero-order valence-electron chi connectivity index (χ0n) is 6.52. The number of rotatable bonds is 5. The van der Waals surface area contributed by atoms with Crippen molar-refractivity contribution in [2.45, 2.75) is 25.5 Å². The monoisotopic (exact) mass is 148 g/mol. The fraction of sp³-hybridized carbons (Fsp3) is 1.00. The van der Waals surface area contributed by atoms with Gasteiger partial charge in [0, 0.05) is 19.0 Å². The summed E-state index contributed by atoms with van der Waals surface area (Å²) >= 11 is 1.99. The highest BCUT2D eigenvalue weighted by atomic mass is 32.2. The summed E-state index contributed by atoms with van der Waals surface area (Å²) in [5.41, 5.74) is 0. The van der Waals surface area contributed by atoms with Gasteiger partial charge in [0.1, 0.15) is 0 Å². The van der Waals surface area contributed by atoms with Crippen molar-refractivity contribution in [3.63, 3.8) is 0 Å². The maximum Gasteiger partial charge on any atom is 0.0472 e. The van der Waals surface area contributed by atoms with Gasteiger partial charge in [-0.15, -0.1) is 0 Å². The Morgan fingerprint density at radius 3 is 2.67 bits per heavy atom. The molecule has 0 aliphatic carbocycles. The smallest absolute Gasteiger partial charge is 0.0472 e. The van der Waals surface area contributed by atoms with Crippen LogP contribution in [0.15, 0.2) is 0 Å². The van der Waals surface area contributed by atoms with Gasteiger partial charge in [-0.2, -0.15) is 11.8 Å². The molecule has 0 saturated heterocycles. The molecule has 0 N–H and O–H groups in total. The summed E-state index contributed by atoms with van der Waals surface area (Å²) in [4.78, 5) is 0. The predicted octanol–water partition coefficient (Wildman–Crippen LogP) is 2.16. The Morgan fingerprint density at radius 2 is 2.22 bits per heavy atom. The zero-order chi connectivity index (χ0) is 7.11. The van der Waals surface area contributed by atoms with Crippen molar-refractivity contribution in [3.05, 3.63) is 0 Å². The summed E-state index contributed by atoms with van der Waals surface area (Å²) in [6, 6.07) is 0. The Labute approximate surface area is 62.2 Å². The molecule has 0 amide bonds. The van der Waals surface area contributed by atoms with Crippen LogP contribution in [-0.4, -0.2) is 24.7 Å². The van der Waals surface area contributed by atoms with Gasteiger partial charge in [0.25, 0.3) is 0 Å². The number of hydrogen-bond donors (Lipinski definition) is 0. The van der Waals surface area contributed by atoms with Crippen molar-refractivity contribution < 1.29 is 4.74 Å². The van der Waals surface area contributed by atoms with Gasteiger partial charge in [0.05, 0.1) is 0 Å². The molecule has 0 saturated carbocycles. The molecule has 1 unspecified atom stereocenters. The summed E-state index contributed by atoms with van der Waals surface area (Å²) in [5, 5.41) is 0.759. The van der Waals surface area contributed by atoms with E-state index >= 15 is 0 Å². The van der Waals surface area contributed by atoms with E-state index in [9.17, 15) is 0 Å². The second-order valence-electron chi connectivity index (χ2n) is 2.05. The van der Waals surface area contributed by atoms with Gasteiger partial charge in [-0.3, -0.25) is 0 Å². The van der Waals surface area contributed by atoms with Gasteiger partial charge in [-0.05, 0) is 12.2 Å². The minimum Gasteiger partial charge on any atom is -0.385 e. The SMILES string of the molecule is CCSC(C)CCOC. The molecule has 2 heteroatoms. The van der Waals surface area contributed by atoms with Crippen molar-refractivity contribution in [1.29, 1.82) is 0 Å². The van der Waals surface area contributed by atoms with Crippen molar-refractivity contribution >= 4 is 11.8 Å². The molecule has 56 valence electrons. The standard InChI is InChI=1S/C7H16OS/c1-4-9-7(2)5-6-8-3/h7H,4-6H2,1-3H3. The van der Waals surface area contributed by atoms with Crippen LogP contribution >= 0.6 is 11.8 Å². The second-order valence-corrected chi connectivity index (χ2v) is 3.76. The molecule has 0 aliphatic heterocycles. The highest BCUT2D eigenvalue weighted by Gasteiger charge is 1.98. The molecular weight excluding hydrogens is 132 g/mol. The highest BCUT2D eigenvalue weighted by Crippen LogP contribution is 2.12. The first-order chi connectivity index (χ1) is 4.31. The lowest BCUT2D eigenvalue weighted by Gasteiger charge is -2.07. The second kappa shape index (κ2) is 6.43. The fourth-order valence-corrected chi connectivity index (χ4v) is 1.48. The molecule has 0 heterocycles. The van der Waals surface area contributed by atoms with Crippen LogP contribution in [0, 0.1) is 0 Å². The number of hydrogen-bond acceptors (Lipinski definition) is 2. The molecule has 1 nitrogen and oxygen atoms in total. The molecule has 0 bridgehead atoms. The molecule has 0 radical (unpaired) electrons. The van der Waals surface area contributed by atoms with Crippen molar-refractivity contribution in [3.8, 4) is 0 Å². The average Bonchev–Trinajstić information content (AvgIpc) is 1.85. The van der Waals surface area contributed by atoms with E-state index in [2.05, 4.69) is 13.8 Å². The van der Waals surface area contributed by atoms with Crippen LogP contribution in [0.1, 0.15) is 20.3 Å². The Kier molecular flexibility index (Phi) is 6.65. The van der Waals surface area contributed by atoms with E-state index in [1.54, 1.807) is 7.11 Å². The van der Waals surface area contributed by atoms with Crippen molar-refractivity contribution in [1.82, 2.24) is 0 Å². The lowest BCUT2D eigenvalue weighted by atomic mass is 10.3. The van der Waals surface area contributed by atoms with Crippen LogP contribution in [0.25, 0.3) is 0 Å². The van der Waals surface area contributed by atoms with E-state index in [-0.39, 0.29) is 0 Å². The van der Waals surface area contributed by atoms with Crippen LogP contribution in [0.5, 0.6) is 0 Å². The van der Waals surface area contributed by atoms with Gasteiger partial charge >= 0.3 is 0 Å². The summed E-state index contributed by atoms with van der Waals surface area (Å²) in [6.45, 7) is 5.33. The zero-order valence-corrected chi connectivity index (χ0v) is 7.33. The molecule has 0 fully saturated rings. The normalized spacial score (nSPS) is 13.7. The van der Waals surface area contributed by atoms with E-state index in [1.807, 2.05) is 11.8 Å². The summed E-state index contributed by atoms with van der Waals surface area (Å²) < 4.78 is 4.95. The largest absolute Gasteiger partial charge is 0.385 e. The predicted molar refractivity (Wildman–Crippen MR) is 44.1 cm³/mol. The molecule has 0 aromatic rings. The fourth-order valence-electron chi connectivity index (χ4n) is 0.652. The van der Waals surface area contributed by atoms with E-state index < -0.39 is 0 Å². The van der Waals surface area contributed by atoms with Crippen LogP contribution in [0.2, 0.25) is 0 Å². The van der Waals surface area contributed by atoms with Crippen molar-refractivity contribution in [2.75, 3.05) is 19.5 Å². The van der Waals surface area contributed by atoms with Crippen LogP contribution < -0.4 is 0 Å². The first kappa shape index (κ1) is 9.31. The Morgan fingerprint density at radius 1 is 1.56 bits per heavy atom. The molecule has 0 aliphatic rings. The van der Waals surface area contributed by atoms with E-state index in [4.69, 9.17) is 4.74 Å². The van der Waals surface area contributed by atoms with Gasteiger partial charge in [0.15, 0.2) is 0 Å². The van der Waals surface area contributed by atoms with Crippen LogP contribution in [-0.2, 0) is 4.74 Å². The summed E-state index contributed by atoms with van der Waals surface area (Å²) in [5.74, 6) is 1.21. The van der Waals surface area contributed by atoms with E-state index in [1.165, 1.54) is 12.2 Å². The summed E-state index contributed by atoms with van der Waals surface area (Å²) in [6.07, 6.45) is 1.18. The summed E-state index contributed by atoms with van der Waals surface area (Å²) in [7, 11) is 1.75.